The van der Waals surface area contributed by atoms with Gasteiger partial charge in [0.05, 0.1) is 6.61 Å². The molecule has 0 aromatic rings. The molecule has 1 aliphatic heterocycles. The van der Waals surface area contributed by atoms with E-state index in [2.05, 4.69) is 41.8 Å². The number of carbonyl (C=O) groups excluding carboxylic acids is 1. The number of nitrogens with one attached hydrogen (secondary N) is 1. The first-order valence-corrected chi connectivity index (χ1v) is 6.23. The molecule has 0 fully saturated rings. The van der Waals surface area contributed by atoms with Crippen molar-refractivity contribution >= 4 is 28.5 Å². The molecule has 0 bridgehead atoms. The zero-order valence-corrected chi connectivity index (χ0v) is 10.8. The summed E-state index contributed by atoms with van der Waals surface area (Å²) in [6, 6.07) is 0. The third-order valence-electron chi connectivity index (χ3n) is 1.97. The molecule has 1 rings (SSSR count). The van der Waals surface area contributed by atoms with E-state index in [0.29, 0.717) is 13.2 Å². The highest BCUT2D eigenvalue weighted by atomic mass is 127. The van der Waals surface area contributed by atoms with Crippen molar-refractivity contribution in [1.29, 1.82) is 0 Å². The normalized spacial score (nSPS) is 17.4. The summed E-state index contributed by atoms with van der Waals surface area (Å²) in [7, 11) is 0. The lowest BCUT2D eigenvalue weighted by atomic mass is 9.98. The van der Waals surface area contributed by atoms with E-state index in [1.807, 2.05) is 0 Å². The van der Waals surface area contributed by atoms with Gasteiger partial charge in [-0.15, -0.1) is 0 Å². The Balaban J connectivity index is 2.41. The van der Waals surface area contributed by atoms with Crippen molar-refractivity contribution in [2.24, 2.45) is 5.41 Å². The van der Waals surface area contributed by atoms with Crippen molar-refractivity contribution < 1.29 is 9.53 Å². The summed E-state index contributed by atoms with van der Waals surface area (Å²) in [5.74, 6) is 0.769. The van der Waals surface area contributed by atoms with Crippen LogP contribution in [0.2, 0.25) is 0 Å². The molecule has 0 aromatic heterocycles. The minimum atomic E-state index is -0.0430. The molecule has 3 nitrogen and oxygen atoms in total. The van der Waals surface area contributed by atoms with Gasteiger partial charge in [0.2, 0.25) is 5.91 Å². The van der Waals surface area contributed by atoms with E-state index in [1.54, 1.807) is 6.08 Å². The van der Waals surface area contributed by atoms with E-state index < -0.39 is 0 Å². The SMILES string of the molecule is CC(C)(CI)COC1=CC(=O)NCC1. The molecule has 0 radical (unpaired) electrons. The lowest BCUT2D eigenvalue weighted by Crippen LogP contribution is -2.29. The van der Waals surface area contributed by atoms with Crippen LogP contribution in [0.15, 0.2) is 11.8 Å². The minimum Gasteiger partial charge on any atom is -0.497 e. The first-order valence-electron chi connectivity index (χ1n) is 4.71. The van der Waals surface area contributed by atoms with E-state index in [-0.39, 0.29) is 11.3 Å². The Labute approximate surface area is 98.4 Å². The zero-order valence-electron chi connectivity index (χ0n) is 8.60. The van der Waals surface area contributed by atoms with Gasteiger partial charge in [-0.2, -0.15) is 0 Å². The molecule has 14 heavy (non-hydrogen) atoms. The maximum atomic E-state index is 11.0. The second kappa shape index (κ2) is 5.00. The molecule has 0 spiro atoms. The van der Waals surface area contributed by atoms with E-state index in [9.17, 15) is 4.79 Å². The van der Waals surface area contributed by atoms with E-state index in [1.165, 1.54) is 0 Å². The molecule has 0 aliphatic carbocycles. The van der Waals surface area contributed by atoms with Gasteiger partial charge >= 0.3 is 0 Å². The van der Waals surface area contributed by atoms with Crippen molar-refractivity contribution in [2.75, 3.05) is 17.6 Å². The van der Waals surface area contributed by atoms with Crippen LogP contribution >= 0.6 is 22.6 Å². The number of rotatable bonds is 4. The van der Waals surface area contributed by atoms with Crippen LogP contribution in [0.5, 0.6) is 0 Å². The molecule has 1 aliphatic rings. The molecule has 1 N–H and O–H groups in total. The maximum Gasteiger partial charge on any atom is 0.247 e. The predicted molar refractivity (Wildman–Crippen MR) is 64.3 cm³/mol. The Kier molecular flexibility index (Phi) is 4.22. The van der Waals surface area contributed by atoms with Gasteiger partial charge in [-0.1, -0.05) is 36.4 Å². The summed E-state index contributed by atoms with van der Waals surface area (Å²) in [6.07, 6.45) is 2.36. The van der Waals surface area contributed by atoms with Crippen molar-refractivity contribution in [3.8, 4) is 0 Å². The van der Waals surface area contributed by atoms with E-state index in [0.717, 1.165) is 16.6 Å². The highest BCUT2D eigenvalue weighted by Gasteiger charge is 2.18. The van der Waals surface area contributed by atoms with Crippen molar-refractivity contribution in [3.05, 3.63) is 11.8 Å². The van der Waals surface area contributed by atoms with Gasteiger partial charge < -0.3 is 10.1 Å². The van der Waals surface area contributed by atoms with Crippen LogP contribution in [0, 0.1) is 5.41 Å². The summed E-state index contributed by atoms with van der Waals surface area (Å²) in [6.45, 7) is 5.68. The second-order valence-corrected chi connectivity index (χ2v) is 5.00. The molecule has 0 atom stereocenters. The fraction of sp³-hybridized carbons (Fsp3) is 0.700. The molecule has 1 heterocycles. The van der Waals surface area contributed by atoms with Crippen LogP contribution < -0.4 is 5.32 Å². The third kappa shape index (κ3) is 3.86. The molecule has 0 saturated heterocycles. The molecule has 0 unspecified atom stereocenters. The molecular weight excluding hydrogens is 293 g/mol. The second-order valence-electron chi connectivity index (χ2n) is 4.24. The van der Waals surface area contributed by atoms with Crippen LogP contribution in [-0.2, 0) is 9.53 Å². The number of alkyl halides is 1. The standard InChI is InChI=1S/C10H16INO2/c1-10(2,6-11)7-14-8-3-4-12-9(13)5-8/h5H,3-4,6-7H2,1-2H3,(H,12,13). The summed E-state index contributed by atoms with van der Waals surface area (Å²) in [5.41, 5.74) is 0.176. The van der Waals surface area contributed by atoms with Gasteiger partial charge in [-0.3, -0.25) is 4.79 Å². The predicted octanol–water partition coefficient (Wildman–Crippen LogP) is 1.87. The van der Waals surface area contributed by atoms with Crippen molar-refractivity contribution in [2.45, 2.75) is 20.3 Å². The topological polar surface area (TPSA) is 38.3 Å². The minimum absolute atomic E-state index is 0.0430. The molecule has 1 amide bonds. The molecular formula is C10H16INO2. The Morgan fingerprint density at radius 1 is 1.64 bits per heavy atom. The lowest BCUT2D eigenvalue weighted by Gasteiger charge is -2.24. The Morgan fingerprint density at radius 2 is 2.36 bits per heavy atom. The largest absolute Gasteiger partial charge is 0.497 e. The zero-order chi connectivity index (χ0) is 10.6. The fourth-order valence-electron chi connectivity index (χ4n) is 1.02. The van der Waals surface area contributed by atoms with Crippen LogP contribution in [0.25, 0.3) is 0 Å². The van der Waals surface area contributed by atoms with Gasteiger partial charge in [0.1, 0.15) is 5.76 Å². The van der Waals surface area contributed by atoms with Crippen LogP contribution in [0.3, 0.4) is 0 Å². The average molecular weight is 309 g/mol. The number of halogens is 1. The van der Waals surface area contributed by atoms with Crippen molar-refractivity contribution in [1.82, 2.24) is 5.32 Å². The highest BCUT2D eigenvalue weighted by Crippen LogP contribution is 2.21. The van der Waals surface area contributed by atoms with Crippen molar-refractivity contribution in [3.63, 3.8) is 0 Å². The van der Waals surface area contributed by atoms with Gasteiger partial charge in [0.25, 0.3) is 0 Å². The summed E-state index contributed by atoms with van der Waals surface area (Å²) in [5, 5.41) is 2.73. The Hall–Kier alpha value is -0.260. The van der Waals surface area contributed by atoms with Gasteiger partial charge in [-0.05, 0) is 0 Å². The highest BCUT2D eigenvalue weighted by molar-refractivity contribution is 14.1. The number of carbonyl (C=O) groups is 1. The monoisotopic (exact) mass is 309 g/mol. The summed E-state index contributed by atoms with van der Waals surface area (Å²) in [4.78, 5) is 11.0. The molecule has 0 aromatic carbocycles. The third-order valence-corrected chi connectivity index (χ3v) is 4.04. The van der Waals surface area contributed by atoms with Crippen LogP contribution in [0.4, 0.5) is 0 Å². The maximum absolute atomic E-state index is 11.0. The first-order chi connectivity index (χ1) is 6.53. The quantitative estimate of drug-likeness (QED) is 0.636. The Bertz CT molecular complexity index is 249. The summed E-state index contributed by atoms with van der Waals surface area (Å²) >= 11 is 2.35. The number of hydrogen-bond acceptors (Lipinski definition) is 2. The summed E-state index contributed by atoms with van der Waals surface area (Å²) < 4.78 is 6.65. The number of amides is 1. The van der Waals surface area contributed by atoms with E-state index >= 15 is 0 Å². The first kappa shape index (κ1) is 11.8. The lowest BCUT2D eigenvalue weighted by molar-refractivity contribution is -0.117. The number of ether oxygens (including phenoxy) is 1. The molecule has 80 valence electrons. The van der Waals surface area contributed by atoms with Crippen LogP contribution in [0.1, 0.15) is 20.3 Å². The molecule has 4 heteroatoms. The average Bonchev–Trinajstić information content (AvgIpc) is 2.15. The fourth-order valence-corrected chi connectivity index (χ4v) is 1.24. The van der Waals surface area contributed by atoms with Gasteiger partial charge in [0, 0.05) is 28.9 Å². The number of hydrogen-bond donors (Lipinski definition) is 1. The smallest absolute Gasteiger partial charge is 0.247 e. The van der Waals surface area contributed by atoms with Crippen LogP contribution in [-0.4, -0.2) is 23.5 Å². The van der Waals surface area contributed by atoms with Gasteiger partial charge in [-0.25, -0.2) is 0 Å². The molecule has 0 saturated carbocycles. The van der Waals surface area contributed by atoms with E-state index in [4.69, 9.17) is 4.74 Å². The van der Waals surface area contributed by atoms with Gasteiger partial charge in [0.15, 0.2) is 0 Å². The Morgan fingerprint density at radius 3 is 2.93 bits per heavy atom.